The van der Waals surface area contributed by atoms with Crippen molar-refractivity contribution in [1.82, 2.24) is 5.32 Å². The number of anilines is 1. The standard InChI is InChI=1S/C18H30N2O/c1-13-8-9-20(17(13)12-21)16-7-6-15(10-14(16)2)11-19-18(3,4)5/h6-7,10,13,17,19,21H,8-9,11-12H2,1-5H3. The second-order valence-corrected chi connectivity index (χ2v) is 7.43. The van der Waals surface area contributed by atoms with Gasteiger partial charge in [0.05, 0.1) is 12.6 Å². The van der Waals surface area contributed by atoms with Crippen LogP contribution in [0.15, 0.2) is 18.2 Å². The van der Waals surface area contributed by atoms with Gasteiger partial charge < -0.3 is 15.3 Å². The Morgan fingerprint density at radius 3 is 2.62 bits per heavy atom. The SMILES string of the molecule is Cc1cc(CNC(C)(C)C)ccc1N1CCC(C)C1CO. The smallest absolute Gasteiger partial charge is 0.0637 e. The molecule has 118 valence electrons. The van der Waals surface area contributed by atoms with Crippen molar-refractivity contribution in [3.63, 3.8) is 0 Å². The molecule has 0 aromatic heterocycles. The van der Waals surface area contributed by atoms with Crippen LogP contribution in [0.5, 0.6) is 0 Å². The first-order valence-electron chi connectivity index (χ1n) is 8.04. The molecule has 1 aromatic rings. The first-order valence-corrected chi connectivity index (χ1v) is 8.04. The molecule has 1 fully saturated rings. The fourth-order valence-electron chi connectivity index (χ4n) is 3.10. The van der Waals surface area contributed by atoms with Crippen LogP contribution in [-0.2, 0) is 6.54 Å². The molecule has 21 heavy (non-hydrogen) atoms. The van der Waals surface area contributed by atoms with Crippen LogP contribution in [0, 0.1) is 12.8 Å². The fourth-order valence-corrected chi connectivity index (χ4v) is 3.10. The lowest BCUT2D eigenvalue weighted by atomic mass is 10.0. The number of hydrogen-bond acceptors (Lipinski definition) is 3. The normalized spacial score (nSPS) is 22.9. The van der Waals surface area contributed by atoms with Crippen molar-refractivity contribution in [3.05, 3.63) is 29.3 Å². The topological polar surface area (TPSA) is 35.5 Å². The van der Waals surface area contributed by atoms with E-state index in [2.05, 4.69) is 63.0 Å². The Kier molecular flexibility index (Phi) is 4.95. The lowest BCUT2D eigenvalue weighted by Crippen LogP contribution is -2.36. The van der Waals surface area contributed by atoms with Crippen LogP contribution < -0.4 is 10.2 Å². The van der Waals surface area contributed by atoms with E-state index in [1.165, 1.54) is 16.8 Å². The minimum absolute atomic E-state index is 0.138. The van der Waals surface area contributed by atoms with Gasteiger partial charge in [0.25, 0.3) is 0 Å². The monoisotopic (exact) mass is 290 g/mol. The van der Waals surface area contributed by atoms with Crippen LogP contribution in [0.3, 0.4) is 0 Å². The second kappa shape index (κ2) is 6.37. The lowest BCUT2D eigenvalue weighted by Gasteiger charge is -2.29. The van der Waals surface area contributed by atoms with Crippen molar-refractivity contribution in [3.8, 4) is 0 Å². The highest BCUT2D eigenvalue weighted by Gasteiger charge is 2.31. The molecule has 1 aliphatic heterocycles. The molecule has 2 atom stereocenters. The van der Waals surface area contributed by atoms with Gasteiger partial charge in [-0.3, -0.25) is 0 Å². The molecule has 1 heterocycles. The number of nitrogens with one attached hydrogen (secondary N) is 1. The maximum atomic E-state index is 9.64. The Bertz CT molecular complexity index is 479. The van der Waals surface area contributed by atoms with Gasteiger partial charge in [0.15, 0.2) is 0 Å². The Hall–Kier alpha value is -1.06. The van der Waals surface area contributed by atoms with Crippen LogP contribution in [0.1, 0.15) is 45.2 Å². The largest absolute Gasteiger partial charge is 0.394 e. The highest BCUT2D eigenvalue weighted by Crippen LogP contribution is 2.32. The van der Waals surface area contributed by atoms with E-state index in [9.17, 15) is 5.11 Å². The summed E-state index contributed by atoms with van der Waals surface area (Å²) in [7, 11) is 0. The predicted molar refractivity (Wildman–Crippen MR) is 89.8 cm³/mol. The third-order valence-electron chi connectivity index (χ3n) is 4.46. The van der Waals surface area contributed by atoms with Gasteiger partial charge in [0, 0.05) is 24.3 Å². The first-order chi connectivity index (χ1) is 9.81. The number of aliphatic hydroxyl groups excluding tert-OH is 1. The molecule has 3 nitrogen and oxygen atoms in total. The summed E-state index contributed by atoms with van der Waals surface area (Å²) in [6, 6.07) is 6.96. The molecule has 2 N–H and O–H groups in total. The van der Waals surface area contributed by atoms with Crippen molar-refractivity contribution < 1.29 is 5.11 Å². The van der Waals surface area contributed by atoms with E-state index in [4.69, 9.17) is 0 Å². The maximum Gasteiger partial charge on any atom is 0.0637 e. The predicted octanol–water partition coefficient (Wildman–Crippen LogP) is 3.09. The van der Waals surface area contributed by atoms with Gasteiger partial charge >= 0.3 is 0 Å². The van der Waals surface area contributed by atoms with E-state index in [1.54, 1.807) is 0 Å². The Labute approximate surface area is 129 Å². The third kappa shape index (κ3) is 3.98. The molecule has 3 heteroatoms. The zero-order chi connectivity index (χ0) is 15.6. The summed E-state index contributed by atoms with van der Waals surface area (Å²) in [5.74, 6) is 0.566. The first kappa shape index (κ1) is 16.3. The lowest BCUT2D eigenvalue weighted by molar-refractivity contribution is 0.244. The minimum atomic E-state index is 0.138. The van der Waals surface area contributed by atoms with Crippen molar-refractivity contribution >= 4 is 5.69 Å². The van der Waals surface area contributed by atoms with Crippen LogP contribution in [0.25, 0.3) is 0 Å². The quantitative estimate of drug-likeness (QED) is 0.894. The number of rotatable bonds is 4. The summed E-state index contributed by atoms with van der Waals surface area (Å²) in [5, 5.41) is 13.2. The van der Waals surface area contributed by atoms with E-state index >= 15 is 0 Å². The molecule has 0 amide bonds. The molecule has 0 spiro atoms. The van der Waals surface area contributed by atoms with Crippen molar-refractivity contribution in [2.45, 2.75) is 59.2 Å². The summed E-state index contributed by atoms with van der Waals surface area (Å²) in [4.78, 5) is 2.38. The number of hydrogen-bond donors (Lipinski definition) is 2. The van der Waals surface area contributed by atoms with Gasteiger partial charge in [0.2, 0.25) is 0 Å². The maximum absolute atomic E-state index is 9.64. The van der Waals surface area contributed by atoms with Crippen LogP contribution in [-0.4, -0.2) is 29.8 Å². The minimum Gasteiger partial charge on any atom is -0.394 e. The molecule has 2 rings (SSSR count). The van der Waals surface area contributed by atoms with Crippen molar-refractivity contribution in [2.75, 3.05) is 18.1 Å². The molecule has 0 saturated carbocycles. The Balaban J connectivity index is 2.12. The summed E-state index contributed by atoms with van der Waals surface area (Å²) >= 11 is 0. The molecule has 1 aromatic carbocycles. The summed E-state index contributed by atoms with van der Waals surface area (Å²) < 4.78 is 0. The highest BCUT2D eigenvalue weighted by atomic mass is 16.3. The Morgan fingerprint density at radius 2 is 2.05 bits per heavy atom. The highest BCUT2D eigenvalue weighted by molar-refractivity contribution is 5.56. The van der Waals surface area contributed by atoms with E-state index in [-0.39, 0.29) is 18.2 Å². The van der Waals surface area contributed by atoms with E-state index < -0.39 is 0 Å². The molecule has 2 unspecified atom stereocenters. The second-order valence-electron chi connectivity index (χ2n) is 7.43. The average molecular weight is 290 g/mol. The number of aryl methyl sites for hydroxylation is 1. The third-order valence-corrected chi connectivity index (χ3v) is 4.46. The zero-order valence-corrected chi connectivity index (χ0v) is 14.1. The van der Waals surface area contributed by atoms with Gasteiger partial charge in [0.1, 0.15) is 0 Å². The Morgan fingerprint density at radius 1 is 1.33 bits per heavy atom. The number of benzene rings is 1. The number of aliphatic hydroxyl groups is 1. The fraction of sp³-hybridized carbons (Fsp3) is 0.667. The van der Waals surface area contributed by atoms with Gasteiger partial charge in [-0.05, 0) is 57.2 Å². The summed E-state index contributed by atoms with van der Waals surface area (Å²) in [6.07, 6.45) is 1.16. The molecular weight excluding hydrogens is 260 g/mol. The zero-order valence-electron chi connectivity index (χ0n) is 14.1. The summed E-state index contributed by atoms with van der Waals surface area (Å²) in [5.41, 5.74) is 4.03. The number of nitrogens with zero attached hydrogens (tertiary/aromatic N) is 1. The van der Waals surface area contributed by atoms with E-state index in [0.717, 1.165) is 19.5 Å². The molecule has 1 saturated heterocycles. The molecular formula is C18H30N2O. The van der Waals surface area contributed by atoms with Crippen LogP contribution in [0.2, 0.25) is 0 Å². The van der Waals surface area contributed by atoms with Crippen LogP contribution in [0.4, 0.5) is 5.69 Å². The summed E-state index contributed by atoms with van der Waals surface area (Å²) in [6.45, 7) is 13.2. The van der Waals surface area contributed by atoms with Gasteiger partial charge in [-0.1, -0.05) is 19.1 Å². The molecule has 1 aliphatic rings. The van der Waals surface area contributed by atoms with Gasteiger partial charge in [-0.15, -0.1) is 0 Å². The molecule has 0 aliphatic carbocycles. The molecule has 0 bridgehead atoms. The van der Waals surface area contributed by atoms with Crippen molar-refractivity contribution in [1.29, 1.82) is 0 Å². The van der Waals surface area contributed by atoms with E-state index in [0.29, 0.717) is 5.92 Å². The van der Waals surface area contributed by atoms with Crippen LogP contribution >= 0.6 is 0 Å². The van der Waals surface area contributed by atoms with Gasteiger partial charge in [-0.2, -0.15) is 0 Å². The molecule has 0 radical (unpaired) electrons. The van der Waals surface area contributed by atoms with Gasteiger partial charge in [-0.25, -0.2) is 0 Å². The van der Waals surface area contributed by atoms with E-state index in [1.807, 2.05) is 0 Å². The average Bonchev–Trinajstić information content (AvgIpc) is 2.76. The van der Waals surface area contributed by atoms with Crippen molar-refractivity contribution in [2.24, 2.45) is 5.92 Å².